The van der Waals surface area contributed by atoms with Crippen molar-refractivity contribution in [2.45, 2.75) is 0 Å². The first kappa shape index (κ1) is 10.2. The fourth-order valence-corrected chi connectivity index (χ4v) is 2.56. The molecule has 2 aromatic rings. The van der Waals surface area contributed by atoms with Gasteiger partial charge in [0.05, 0.1) is 11.4 Å². The lowest BCUT2D eigenvalue weighted by Crippen LogP contribution is -2.03. The van der Waals surface area contributed by atoms with Crippen LogP contribution < -0.4 is 10.1 Å². The van der Waals surface area contributed by atoms with Crippen LogP contribution in [0.1, 0.15) is 0 Å². The summed E-state index contributed by atoms with van der Waals surface area (Å²) in [6.45, 7) is 0. The van der Waals surface area contributed by atoms with Gasteiger partial charge in [-0.15, -0.1) is 0 Å². The summed E-state index contributed by atoms with van der Waals surface area (Å²) in [5, 5.41) is 3.36. The second kappa shape index (κ2) is 3.79. The molecule has 0 fully saturated rings. The number of anilines is 2. The maximum atomic E-state index is 5.82. The Bertz CT molecular complexity index is 519. The first-order chi connectivity index (χ1) is 7.75. The lowest BCUT2D eigenvalue weighted by molar-refractivity contribution is 0.480. The molecule has 0 amide bonds. The Morgan fingerprint density at radius 3 is 1.81 bits per heavy atom. The summed E-state index contributed by atoms with van der Waals surface area (Å²) in [6, 6.07) is 11.8. The number of ether oxygens (including phenoxy) is 1. The van der Waals surface area contributed by atoms with E-state index in [9.17, 15) is 0 Å². The van der Waals surface area contributed by atoms with E-state index >= 15 is 0 Å². The van der Waals surface area contributed by atoms with Crippen LogP contribution >= 0.6 is 31.9 Å². The highest BCUT2D eigenvalue weighted by Gasteiger charge is 2.19. The summed E-state index contributed by atoms with van der Waals surface area (Å²) < 4.78 is 7.80. The van der Waals surface area contributed by atoms with E-state index < -0.39 is 0 Å². The van der Waals surface area contributed by atoms with Gasteiger partial charge >= 0.3 is 0 Å². The Labute approximate surface area is 110 Å². The van der Waals surface area contributed by atoms with Crippen LogP contribution in [0.4, 0.5) is 11.4 Å². The van der Waals surface area contributed by atoms with Crippen LogP contribution in [0.5, 0.6) is 11.5 Å². The third-order valence-corrected chi connectivity index (χ3v) is 3.74. The SMILES string of the molecule is Brc1cccc2c1Nc1c(Br)cccc1O2. The number of hydrogen-bond donors (Lipinski definition) is 1. The predicted octanol–water partition coefficient (Wildman–Crippen LogP) is 5.06. The maximum Gasteiger partial charge on any atom is 0.152 e. The average Bonchev–Trinajstić information content (AvgIpc) is 2.28. The Kier molecular flexibility index (Phi) is 2.41. The largest absolute Gasteiger partial charge is 0.453 e. The van der Waals surface area contributed by atoms with Crippen molar-refractivity contribution < 1.29 is 4.74 Å². The molecule has 0 aliphatic carbocycles. The van der Waals surface area contributed by atoms with Crippen molar-refractivity contribution in [3.05, 3.63) is 45.3 Å². The van der Waals surface area contributed by atoms with E-state index in [1.165, 1.54) is 0 Å². The molecule has 0 atom stereocenters. The quantitative estimate of drug-likeness (QED) is 0.617. The molecule has 1 aliphatic heterocycles. The summed E-state index contributed by atoms with van der Waals surface area (Å²) in [6.07, 6.45) is 0. The minimum Gasteiger partial charge on any atom is -0.453 e. The fourth-order valence-electron chi connectivity index (χ4n) is 1.66. The van der Waals surface area contributed by atoms with Gasteiger partial charge in [-0.05, 0) is 56.1 Å². The third kappa shape index (κ3) is 1.53. The molecular formula is C12H7Br2NO. The zero-order valence-electron chi connectivity index (χ0n) is 8.13. The predicted molar refractivity (Wildman–Crippen MR) is 71.6 cm³/mol. The van der Waals surface area contributed by atoms with Gasteiger partial charge in [0, 0.05) is 8.95 Å². The lowest BCUT2D eigenvalue weighted by Gasteiger charge is -2.23. The number of rotatable bonds is 0. The van der Waals surface area contributed by atoms with E-state index in [-0.39, 0.29) is 0 Å². The molecule has 3 rings (SSSR count). The molecule has 1 N–H and O–H groups in total. The normalized spacial score (nSPS) is 12.1. The molecule has 2 nitrogen and oxygen atoms in total. The molecule has 4 heteroatoms. The van der Waals surface area contributed by atoms with Crippen molar-refractivity contribution in [3.63, 3.8) is 0 Å². The molecule has 16 heavy (non-hydrogen) atoms. The van der Waals surface area contributed by atoms with Crippen LogP contribution in [-0.4, -0.2) is 0 Å². The van der Waals surface area contributed by atoms with Crippen LogP contribution in [0.3, 0.4) is 0 Å². The van der Waals surface area contributed by atoms with Gasteiger partial charge in [-0.3, -0.25) is 0 Å². The van der Waals surface area contributed by atoms with Crippen molar-refractivity contribution >= 4 is 43.2 Å². The van der Waals surface area contributed by atoms with Gasteiger partial charge in [-0.2, -0.15) is 0 Å². The van der Waals surface area contributed by atoms with Crippen LogP contribution in [0.25, 0.3) is 0 Å². The van der Waals surface area contributed by atoms with Crippen LogP contribution in [0.2, 0.25) is 0 Å². The van der Waals surface area contributed by atoms with E-state index in [0.717, 1.165) is 31.8 Å². The second-order valence-electron chi connectivity index (χ2n) is 3.45. The summed E-state index contributed by atoms with van der Waals surface area (Å²) in [5.74, 6) is 1.67. The van der Waals surface area contributed by atoms with E-state index in [1.807, 2.05) is 36.4 Å². The third-order valence-electron chi connectivity index (χ3n) is 2.42. The molecule has 0 spiro atoms. The zero-order chi connectivity index (χ0) is 11.1. The molecule has 80 valence electrons. The molecule has 0 radical (unpaired) electrons. The van der Waals surface area contributed by atoms with Gasteiger partial charge in [0.1, 0.15) is 0 Å². The standard InChI is InChI=1S/C12H7Br2NO/c13-7-3-1-5-9-11(7)15-12-8(14)4-2-6-10(12)16-9/h1-6,15H. The number of para-hydroxylation sites is 2. The lowest BCUT2D eigenvalue weighted by atomic mass is 10.2. The molecular weight excluding hydrogens is 334 g/mol. The molecule has 2 aromatic carbocycles. The highest BCUT2D eigenvalue weighted by molar-refractivity contribution is 9.11. The summed E-state index contributed by atoms with van der Waals surface area (Å²) in [5.41, 5.74) is 1.92. The number of nitrogens with one attached hydrogen (secondary N) is 1. The number of hydrogen-bond acceptors (Lipinski definition) is 2. The Morgan fingerprint density at radius 2 is 1.31 bits per heavy atom. The van der Waals surface area contributed by atoms with E-state index in [4.69, 9.17) is 4.74 Å². The van der Waals surface area contributed by atoms with Gasteiger partial charge in [0.2, 0.25) is 0 Å². The van der Waals surface area contributed by atoms with Gasteiger partial charge in [0.15, 0.2) is 11.5 Å². The molecule has 0 unspecified atom stereocenters. The molecule has 1 heterocycles. The average molecular weight is 341 g/mol. The monoisotopic (exact) mass is 339 g/mol. The highest BCUT2D eigenvalue weighted by Crippen LogP contribution is 2.47. The smallest absolute Gasteiger partial charge is 0.152 e. The van der Waals surface area contributed by atoms with E-state index in [2.05, 4.69) is 37.2 Å². The van der Waals surface area contributed by atoms with Crippen LogP contribution in [0.15, 0.2) is 45.3 Å². The Morgan fingerprint density at radius 1 is 0.812 bits per heavy atom. The number of halogens is 2. The molecule has 0 bridgehead atoms. The van der Waals surface area contributed by atoms with E-state index in [1.54, 1.807) is 0 Å². The molecule has 1 aliphatic rings. The topological polar surface area (TPSA) is 21.3 Å². The summed E-state index contributed by atoms with van der Waals surface area (Å²) >= 11 is 7.00. The first-order valence-electron chi connectivity index (χ1n) is 4.77. The zero-order valence-corrected chi connectivity index (χ0v) is 11.3. The van der Waals surface area contributed by atoms with Crippen molar-refractivity contribution in [1.29, 1.82) is 0 Å². The number of benzene rings is 2. The van der Waals surface area contributed by atoms with Crippen LogP contribution in [0, 0.1) is 0 Å². The van der Waals surface area contributed by atoms with Gasteiger partial charge in [0.25, 0.3) is 0 Å². The maximum absolute atomic E-state index is 5.82. The van der Waals surface area contributed by atoms with E-state index in [0.29, 0.717) is 0 Å². The van der Waals surface area contributed by atoms with Gasteiger partial charge in [-0.1, -0.05) is 12.1 Å². The van der Waals surface area contributed by atoms with Crippen LogP contribution in [-0.2, 0) is 0 Å². The second-order valence-corrected chi connectivity index (χ2v) is 5.16. The highest BCUT2D eigenvalue weighted by atomic mass is 79.9. The molecule has 0 saturated carbocycles. The van der Waals surface area contributed by atoms with Crippen molar-refractivity contribution in [1.82, 2.24) is 0 Å². The van der Waals surface area contributed by atoms with Crippen molar-refractivity contribution in [3.8, 4) is 11.5 Å². The molecule has 0 saturated heterocycles. The van der Waals surface area contributed by atoms with Gasteiger partial charge < -0.3 is 10.1 Å². The van der Waals surface area contributed by atoms with Crippen molar-refractivity contribution in [2.24, 2.45) is 0 Å². The van der Waals surface area contributed by atoms with Gasteiger partial charge in [-0.25, -0.2) is 0 Å². The summed E-state index contributed by atoms with van der Waals surface area (Å²) in [4.78, 5) is 0. The fraction of sp³-hybridized carbons (Fsp3) is 0. The first-order valence-corrected chi connectivity index (χ1v) is 6.36. The minimum absolute atomic E-state index is 0.833. The number of fused-ring (bicyclic) bond motifs is 2. The summed E-state index contributed by atoms with van der Waals surface area (Å²) in [7, 11) is 0. The Hall–Kier alpha value is -1.00. The minimum atomic E-state index is 0.833. The Balaban J connectivity index is 2.17. The van der Waals surface area contributed by atoms with Crippen molar-refractivity contribution in [2.75, 3.05) is 5.32 Å². The molecule has 0 aromatic heterocycles.